The molecule has 0 aliphatic heterocycles. The highest BCUT2D eigenvalue weighted by Crippen LogP contribution is 2.23. The molecule has 0 aromatic carbocycles. The number of aliphatic carboxylic acids is 3. The van der Waals surface area contributed by atoms with Crippen LogP contribution in [-0.4, -0.2) is 98.3 Å². The Morgan fingerprint density at radius 2 is 1.17 bits per heavy atom. The molecule has 0 rings (SSSR count). The van der Waals surface area contributed by atoms with E-state index in [0.717, 1.165) is 21.6 Å². The monoisotopic (exact) mass is 571 g/mol. The molecule has 18 heteroatoms. The summed E-state index contributed by atoms with van der Waals surface area (Å²) in [5.74, 6) is -6.02. The van der Waals surface area contributed by atoms with E-state index >= 15 is 0 Å². The minimum atomic E-state index is -1.31. The van der Waals surface area contributed by atoms with Crippen LogP contribution in [0.25, 0.3) is 0 Å². The molecule has 204 valence electrons. The van der Waals surface area contributed by atoms with Gasteiger partial charge in [0.05, 0.1) is 0 Å². The van der Waals surface area contributed by atoms with Crippen LogP contribution < -0.4 is 27.4 Å². The lowest BCUT2D eigenvalue weighted by Gasteiger charge is -2.19. The number of thiol groups is 1. The Balaban J connectivity index is 4.84. The van der Waals surface area contributed by atoms with Gasteiger partial charge in [-0.25, -0.2) is 0 Å². The predicted octanol–water partition coefficient (Wildman–Crippen LogP) is -2.62. The van der Waals surface area contributed by atoms with Gasteiger partial charge in [0, 0.05) is 24.3 Å². The number of carboxylic acids is 3. The minimum absolute atomic E-state index is 0.00853. The average Bonchev–Trinajstić information content (AvgIpc) is 2.79. The van der Waals surface area contributed by atoms with Crippen molar-refractivity contribution in [2.24, 2.45) is 11.5 Å². The van der Waals surface area contributed by atoms with Crippen LogP contribution in [0.1, 0.15) is 25.7 Å². The van der Waals surface area contributed by atoms with E-state index in [2.05, 4.69) is 28.6 Å². The summed E-state index contributed by atoms with van der Waals surface area (Å²) in [4.78, 5) is 80.2. The van der Waals surface area contributed by atoms with E-state index in [0.29, 0.717) is 0 Å². The van der Waals surface area contributed by atoms with E-state index in [9.17, 15) is 33.6 Å². The van der Waals surface area contributed by atoms with Gasteiger partial charge in [-0.05, 0) is 12.8 Å². The first-order chi connectivity index (χ1) is 16.7. The third-order valence-corrected chi connectivity index (χ3v) is 6.98. The van der Waals surface area contributed by atoms with Crippen LogP contribution in [0, 0.1) is 0 Å². The molecule has 15 nitrogen and oxygen atoms in total. The summed E-state index contributed by atoms with van der Waals surface area (Å²) in [6, 6.07) is -4.73. The molecule has 0 saturated carbocycles. The number of nitrogens with two attached hydrogens (primary N) is 2. The van der Waals surface area contributed by atoms with Gasteiger partial charge in [-0.2, -0.15) is 0 Å². The first kappa shape index (κ1) is 33.5. The van der Waals surface area contributed by atoms with Gasteiger partial charge in [-0.1, -0.05) is 21.6 Å². The molecule has 0 fully saturated rings. The molecule has 4 atom stereocenters. The Hall–Kier alpha value is -2.54. The Labute approximate surface area is 219 Å². The van der Waals surface area contributed by atoms with E-state index in [4.69, 9.17) is 26.8 Å². The first-order valence-electron chi connectivity index (χ1n) is 10.3. The fraction of sp³-hybridized carbons (Fsp3) is 0.611. The number of carbonyl (C=O) groups is 7. The molecule has 0 heterocycles. The topological polar surface area (TPSA) is 268 Å². The smallest absolute Gasteiger partial charge is 0.322 e. The van der Waals surface area contributed by atoms with Crippen LogP contribution in [0.5, 0.6) is 0 Å². The SMILES string of the molecule is N[C@@H](CCC(=O)N[C@@H](CSSC[C@H](NC(=O)CC[C@H](N)C(=O)O)C(=O)NCC(=O)O)C(=O)S)C(=O)O. The largest absolute Gasteiger partial charge is 0.480 e. The maximum absolute atomic E-state index is 12.3. The number of hydrogen-bond acceptors (Lipinski definition) is 11. The highest BCUT2D eigenvalue weighted by Gasteiger charge is 2.24. The van der Waals surface area contributed by atoms with Gasteiger partial charge in [0.1, 0.15) is 30.7 Å². The maximum atomic E-state index is 12.3. The molecule has 0 aliphatic rings. The van der Waals surface area contributed by atoms with Crippen molar-refractivity contribution in [3.63, 3.8) is 0 Å². The molecular formula is C18H29N5O10S3. The molecule has 10 N–H and O–H groups in total. The molecule has 3 amide bonds. The number of amides is 3. The van der Waals surface area contributed by atoms with Crippen molar-refractivity contribution in [2.75, 3.05) is 18.1 Å². The summed E-state index contributed by atoms with van der Waals surface area (Å²) in [5, 5.41) is 32.5. The molecule has 0 aromatic rings. The lowest BCUT2D eigenvalue weighted by molar-refractivity contribution is -0.140. The molecule has 0 saturated heterocycles. The number of carboxylic acid groups (broad SMARTS) is 3. The molecular weight excluding hydrogens is 542 g/mol. The maximum Gasteiger partial charge on any atom is 0.322 e. The Morgan fingerprint density at radius 3 is 1.56 bits per heavy atom. The molecule has 0 spiro atoms. The number of carbonyl (C=O) groups excluding carboxylic acids is 4. The van der Waals surface area contributed by atoms with Crippen molar-refractivity contribution in [3.8, 4) is 0 Å². The zero-order valence-corrected chi connectivity index (χ0v) is 21.4. The zero-order valence-electron chi connectivity index (χ0n) is 18.9. The van der Waals surface area contributed by atoms with E-state index in [1.54, 1.807) is 0 Å². The lowest BCUT2D eigenvalue weighted by Crippen LogP contribution is -2.49. The van der Waals surface area contributed by atoms with E-state index in [-0.39, 0.29) is 37.2 Å². The second kappa shape index (κ2) is 17.8. The molecule has 0 aromatic heterocycles. The highest BCUT2D eigenvalue weighted by molar-refractivity contribution is 8.76. The van der Waals surface area contributed by atoms with Crippen LogP contribution in [0.3, 0.4) is 0 Å². The second-order valence-corrected chi connectivity index (χ2v) is 10.2. The predicted molar refractivity (Wildman–Crippen MR) is 133 cm³/mol. The fourth-order valence-electron chi connectivity index (χ4n) is 2.23. The van der Waals surface area contributed by atoms with Gasteiger partial charge in [-0.3, -0.25) is 33.6 Å². The first-order valence-corrected chi connectivity index (χ1v) is 13.2. The summed E-state index contributed by atoms with van der Waals surface area (Å²) >= 11 is 3.71. The van der Waals surface area contributed by atoms with Crippen molar-refractivity contribution < 1.29 is 48.9 Å². The van der Waals surface area contributed by atoms with Crippen molar-refractivity contribution in [1.29, 1.82) is 0 Å². The summed E-state index contributed by atoms with van der Waals surface area (Å²) in [5.41, 5.74) is 10.7. The normalized spacial score (nSPS) is 14.0. The zero-order chi connectivity index (χ0) is 27.8. The molecule has 0 radical (unpaired) electrons. The molecule has 0 unspecified atom stereocenters. The van der Waals surface area contributed by atoms with E-state index in [1.165, 1.54) is 0 Å². The van der Waals surface area contributed by atoms with Crippen molar-refractivity contribution in [3.05, 3.63) is 0 Å². The molecule has 0 bridgehead atoms. The summed E-state index contributed by atoms with van der Waals surface area (Å²) < 4.78 is 0. The average molecular weight is 572 g/mol. The minimum Gasteiger partial charge on any atom is -0.480 e. The second-order valence-electron chi connectivity index (χ2n) is 7.23. The summed E-state index contributed by atoms with van der Waals surface area (Å²) in [6.45, 7) is -0.694. The fourth-order valence-corrected chi connectivity index (χ4v) is 4.84. The van der Waals surface area contributed by atoms with Gasteiger partial charge in [0.25, 0.3) is 0 Å². The van der Waals surface area contributed by atoms with Gasteiger partial charge in [-0.15, -0.1) is 12.6 Å². The van der Waals surface area contributed by atoms with Crippen molar-refractivity contribution >= 4 is 75.0 Å². The summed E-state index contributed by atoms with van der Waals surface area (Å²) in [7, 11) is 2.08. The molecule has 36 heavy (non-hydrogen) atoms. The van der Waals surface area contributed by atoms with Gasteiger partial charge >= 0.3 is 17.9 Å². The van der Waals surface area contributed by atoms with Gasteiger partial charge in [0.2, 0.25) is 22.8 Å². The quantitative estimate of drug-likeness (QED) is 0.0436. The number of hydrogen-bond donors (Lipinski definition) is 9. The Morgan fingerprint density at radius 1 is 0.750 bits per heavy atom. The van der Waals surface area contributed by atoms with Crippen LogP contribution in [0.4, 0.5) is 0 Å². The standard InChI is InChI=1S/C18H29N5O10S3/c19-8(16(29)30)1-3-12(24)22-10(15(28)21-5-14(26)27)6-35-36-7-11(18(33)34)23-13(25)4-2-9(20)17(31)32/h8-11H,1-7,19-20H2,(H,21,28)(H,22,24)(H,23,25)(H,26,27)(H,29,30)(H,31,32)(H,33,34)/t8-,9-,10-,11-/m0/s1. The van der Waals surface area contributed by atoms with Crippen LogP contribution >= 0.6 is 34.2 Å². The van der Waals surface area contributed by atoms with Gasteiger partial charge in [0.15, 0.2) is 0 Å². The number of rotatable bonds is 19. The third-order valence-electron chi connectivity index (χ3n) is 4.25. The highest BCUT2D eigenvalue weighted by atomic mass is 33.1. The lowest BCUT2D eigenvalue weighted by atomic mass is 10.1. The van der Waals surface area contributed by atoms with E-state index < -0.39 is 71.5 Å². The third kappa shape index (κ3) is 15.5. The van der Waals surface area contributed by atoms with Crippen molar-refractivity contribution in [2.45, 2.75) is 49.9 Å². The summed E-state index contributed by atoms with van der Waals surface area (Å²) in [6.07, 6.45) is -0.843. The van der Waals surface area contributed by atoms with Crippen molar-refractivity contribution in [1.82, 2.24) is 16.0 Å². The van der Waals surface area contributed by atoms with E-state index in [1.807, 2.05) is 0 Å². The van der Waals surface area contributed by atoms with Crippen LogP contribution in [0.15, 0.2) is 0 Å². The Bertz CT molecular complexity index is 831. The number of nitrogens with one attached hydrogen (secondary N) is 3. The van der Waals surface area contributed by atoms with Crippen LogP contribution in [0.2, 0.25) is 0 Å². The Kier molecular flexibility index (Phi) is 16.6. The van der Waals surface area contributed by atoms with Gasteiger partial charge < -0.3 is 42.7 Å². The van der Waals surface area contributed by atoms with Crippen LogP contribution in [-0.2, 0) is 33.6 Å². The molecule has 0 aliphatic carbocycles.